The number of sulfone groups is 1. The molecule has 2 rings (SSSR count). The lowest BCUT2D eigenvalue weighted by Gasteiger charge is -2.12. The molecule has 1 unspecified atom stereocenters. The standard InChI is InChI=1S/C18H27ClN4O3S2.HI/c1-2-20-18(22-10-11-27-16-5-3-14(19)4-6-16)21-9-7-17(24)23-15-8-12-28(25,26)13-15;/h3-6,15H,2,7-13H2,1H3,(H,23,24)(H2,20,21,22);1H. The average molecular weight is 575 g/mol. The number of thioether (sulfide) groups is 1. The largest absolute Gasteiger partial charge is 0.357 e. The van der Waals surface area contributed by atoms with Crippen LogP contribution in [0.2, 0.25) is 5.02 Å². The van der Waals surface area contributed by atoms with Gasteiger partial charge in [-0.3, -0.25) is 9.79 Å². The Kier molecular flexibility index (Phi) is 12.3. The highest BCUT2D eigenvalue weighted by molar-refractivity contribution is 14.0. The van der Waals surface area contributed by atoms with Crippen LogP contribution >= 0.6 is 47.3 Å². The normalized spacial score (nSPS) is 18.0. The first-order valence-electron chi connectivity index (χ1n) is 9.28. The predicted molar refractivity (Wildman–Crippen MR) is 131 cm³/mol. The molecular weight excluding hydrogens is 547 g/mol. The molecule has 7 nitrogen and oxygen atoms in total. The molecule has 1 saturated heterocycles. The van der Waals surface area contributed by atoms with E-state index in [1.165, 1.54) is 0 Å². The summed E-state index contributed by atoms with van der Waals surface area (Å²) < 4.78 is 22.9. The number of aliphatic imine (C=N–C) groups is 1. The summed E-state index contributed by atoms with van der Waals surface area (Å²) >= 11 is 7.60. The number of carbonyl (C=O) groups is 1. The van der Waals surface area contributed by atoms with E-state index in [1.807, 2.05) is 31.2 Å². The zero-order valence-corrected chi connectivity index (χ0v) is 21.0. The molecule has 3 N–H and O–H groups in total. The molecule has 1 aliphatic heterocycles. The number of hydrogen-bond acceptors (Lipinski definition) is 5. The highest BCUT2D eigenvalue weighted by Crippen LogP contribution is 2.19. The van der Waals surface area contributed by atoms with E-state index in [4.69, 9.17) is 11.6 Å². The molecule has 11 heteroatoms. The molecule has 1 fully saturated rings. The van der Waals surface area contributed by atoms with Gasteiger partial charge in [0.2, 0.25) is 5.91 Å². The lowest BCUT2D eigenvalue weighted by molar-refractivity contribution is -0.121. The van der Waals surface area contributed by atoms with Crippen LogP contribution in [-0.4, -0.2) is 63.2 Å². The van der Waals surface area contributed by atoms with Crippen molar-refractivity contribution in [2.24, 2.45) is 4.99 Å². The average Bonchev–Trinajstić information content (AvgIpc) is 2.98. The van der Waals surface area contributed by atoms with Crippen LogP contribution in [0.1, 0.15) is 19.8 Å². The van der Waals surface area contributed by atoms with Gasteiger partial charge in [-0.05, 0) is 37.6 Å². The number of benzene rings is 1. The highest BCUT2D eigenvalue weighted by Gasteiger charge is 2.28. The Labute approximate surface area is 199 Å². The van der Waals surface area contributed by atoms with Crippen LogP contribution < -0.4 is 16.0 Å². The number of nitrogens with one attached hydrogen (secondary N) is 3. The zero-order valence-electron chi connectivity index (χ0n) is 16.3. The molecule has 164 valence electrons. The van der Waals surface area contributed by atoms with Gasteiger partial charge in [-0.25, -0.2) is 8.42 Å². The van der Waals surface area contributed by atoms with Crippen molar-refractivity contribution in [2.75, 3.05) is 36.9 Å². The first-order valence-corrected chi connectivity index (χ1v) is 12.5. The van der Waals surface area contributed by atoms with E-state index in [-0.39, 0.29) is 53.9 Å². The van der Waals surface area contributed by atoms with Crippen molar-refractivity contribution < 1.29 is 13.2 Å². The Morgan fingerprint density at radius 1 is 1.28 bits per heavy atom. The fourth-order valence-corrected chi connectivity index (χ4v) is 5.26. The Morgan fingerprint density at radius 2 is 2.00 bits per heavy atom. The highest BCUT2D eigenvalue weighted by atomic mass is 127. The third-order valence-corrected chi connectivity index (χ3v) is 7.06. The quantitative estimate of drug-likeness (QED) is 0.138. The Morgan fingerprint density at radius 3 is 2.62 bits per heavy atom. The summed E-state index contributed by atoms with van der Waals surface area (Å²) in [5.74, 6) is 1.55. The molecule has 29 heavy (non-hydrogen) atoms. The maximum Gasteiger partial charge on any atom is 0.222 e. The summed E-state index contributed by atoms with van der Waals surface area (Å²) in [6.07, 6.45) is 0.722. The second kappa shape index (κ2) is 13.6. The summed E-state index contributed by atoms with van der Waals surface area (Å²) in [5, 5.41) is 9.89. The van der Waals surface area contributed by atoms with Crippen LogP contribution in [0, 0.1) is 0 Å². The molecule has 0 aliphatic carbocycles. The van der Waals surface area contributed by atoms with E-state index in [9.17, 15) is 13.2 Å². The fourth-order valence-electron chi connectivity index (χ4n) is 2.69. The molecule has 0 saturated carbocycles. The smallest absolute Gasteiger partial charge is 0.222 e. The van der Waals surface area contributed by atoms with Gasteiger partial charge < -0.3 is 16.0 Å². The minimum absolute atomic E-state index is 0. The number of amides is 1. The minimum Gasteiger partial charge on any atom is -0.357 e. The summed E-state index contributed by atoms with van der Waals surface area (Å²) in [7, 11) is -2.99. The van der Waals surface area contributed by atoms with E-state index >= 15 is 0 Å². The number of rotatable bonds is 9. The fraction of sp³-hybridized carbons (Fsp3) is 0.556. The summed E-state index contributed by atoms with van der Waals surface area (Å²) in [4.78, 5) is 17.5. The molecule has 1 aromatic carbocycles. The van der Waals surface area contributed by atoms with Gasteiger partial charge in [0, 0.05) is 41.2 Å². The first-order chi connectivity index (χ1) is 13.4. The summed E-state index contributed by atoms with van der Waals surface area (Å²) in [5.41, 5.74) is 0. The molecule has 1 aromatic rings. The van der Waals surface area contributed by atoms with Crippen molar-refractivity contribution in [1.29, 1.82) is 0 Å². The van der Waals surface area contributed by atoms with Gasteiger partial charge in [-0.1, -0.05) is 11.6 Å². The molecule has 1 atom stereocenters. The molecule has 1 amide bonds. The van der Waals surface area contributed by atoms with Gasteiger partial charge >= 0.3 is 0 Å². The van der Waals surface area contributed by atoms with Gasteiger partial charge in [0.1, 0.15) is 0 Å². The topological polar surface area (TPSA) is 99.7 Å². The number of hydrogen-bond donors (Lipinski definition) is 3. The van der Waals surface area contributed by atoms with Gasteiger partial charge in [0.05, 0.1) is 18.1 Å². The number of halogens is 2. The van der Waals surface area contributed by atoms with Gasteiger partial charge in [-0.15, -0.1) is 35.7 Å². The third kappa shape index (κ3) is 10.7. The molecule has 1 heterocycles. The van der Waals surface area contributed by atoms with Crippen LogP contribution in [0.15, 0.2) is 34.2 Å². The third-order valence-electron chi connectivity index (χ3n) is 4.03. The second-order valence-electron chi connectivity index (χ2n) is 6.41. The number of guanidine groups is 1. The van der Waals surface area contributed by atoms with E-state index in [0.717, 1.165) is 28.8 Å². The Balaban J connectivity index is 0.00000420. The number of carbonyl (C=O) groups excluding carboxylic acids is 1. The van der Waals surface area contributed by atoms with E-state index < -0.39 is 9.84 Å². The van der Waals surface area contributed by atoms with Crippen LogP contribution in [0.3, 0.4) is 0 Å². The van der Waals surface area contributed by atoms with Crippen LogP contribution in [0.25, 0.3) is 0 Å². The van der Waals surface area contributed by atoms with Crippen molar-refractivity contribution in [2.45, 2.75) is 30.7 Å². The monoisotopic (exact) mass is 574 g/mol. The minimum atomic E-state index is -2.99. The maximum absolute atomic E-state index is 12.0. The van der Waals surface area contributed by atoms with Gasteiger partial charge in [-0.2, -0.15) is 0 Å². The lowest BCUT2D eigenvalue weighted by Crippen LogP contribution is -2.39. The van der Waals surface area contributed by atoms with Gasteiger partial charge in [0.25, 0.3) is 0 Å². The molecular formula is C18H28ClIN4O3S2. The van der Waals surface area contributed by atoms with Crippen molar-refractivity contribution in [3.8, 4) is 0 Å². The van der Waals surface area contributed by atoms with E-state index in [0.29, 0.717) is 18.9 Å². The molecule has 0 bridgehead atoms. The molecule has 0 aromatic heterocycles. The molecule has 0 radical (unpaired) electrons. The van der Waals surface area contributed by atoms with Crippen molar-refractivity contribution in [3.05, 3.63) is 29.3 Å². The Bertz CT molecular complexity index is 776. The van der Waals surface area contributed by atoms with Crippen molar-refractivity contribution in [1.82, 2.24) is 16.0 Å². The Hall–Kier alpha value is -0.720. The summed E-state index contributed by atoms with van der Waals surface area (Å²) in [6, 6.07) is 7.45. The van der Waals surface area contributed by atoms with Crippen molar-refractivity contribution >= 4 is 69.0 Å². The zero-order chi connectivity index (χ0) is 20.4. The van der Waals surface area contributed by atoms with Gasteiger partial charge in [0.15, 0.2) is 15.8 Å². The van der Waals surface area contributed by atoms with Crippen LogP contribution in [-0.2, 0) is 14.6 Å². The van der Waals surface area contributed by atoms with Crippen molar-refractivity contribution in [3.63, 3.8) is 0 Å². The maximum atomic E-state index is 12.0. The number of nitrogens with zero attached hydrogens (tertiary/aromatic N) is 1. The predicted octanol–water partition coefficient (Wildman–Crippen LogP) is 2.30. The van der Waals surface area contributed by atoms with Crippen LogP contribution in [0.5, 0.6) is 0 Å². The molecule has 0 spiro atoms. The first kappa shape index (κ1) is 26.3. The summed E-state index contributed by atoms with van der Waals surface area (Å²) in [6.45, 7) is 3.77. The van der Waals surface area contributed by atoms with E-state index in [1.54, 1.807) is 11.8 Å². The van der Waals surface area contributed by atoms with Crippen LogP contribution in [0.4, 0.5) is 0 Å². The van der Waals surface area contributed by atoms with E-state index in [2.05, 4.69) is 20.9 Å². The second-order valence-corrected chi connectivity index (χ2v) is 10.2. The SMILES string of the molecule is CCNC(=NCCC(=O)NC1CCS(=O)(=O)C1)NCCSc1ccc(Cl)cc1.I. The molecule has 1 aliphatic rings. The lowest BCUT2D eigenvalue weighted by atomic mass is 10.2.